The lowest BCUT2D eigenvalue weighted by atomic mass is 9.77. The monoisotopic (exact) mass is 213 g/mol. The molecule has 0 aromatic rings. The molecule has 2 rings (SSSR count). The van der Waals surface area contributed by atoms with Gasteiger partial charge in [0.25, 0.3) is 0 Å². The molecule has 0 aromatic carbocycles. The first-order valence-corrected chi connectivity index (χ1v) is 5.43. The Labute approximate surface area is 89.9 Å². The maximum Gasteiger partial charge on any atom is 0.407 e. The summed E-state index contributed by atoms with van der Waals surface area (Å²) in [5, 5.41) is 18.6. The van der Waals surface area contributed by atoms with Crippen LogP contribution in [-0.2, 0) is 0 Å². The van der Waals surface area contributed by atoms with Crippen molar-refractivity contribution < 1.29 is 15.0 Å². The van der Waals surface area contributed by atoms with Gasteiger partial charge in [-0.1, -0.05) is 20.8 Å². The maximum atomic E-state index is 11.1. The fraction of sp³-hybridized carbons (Fsp3) is 0.909. The number of carbonyl (C=O) groups is 1. The third-order valence-electron chi connectivity index (χ3n) is 3.91. The van der Waals surface area contributed by atoms with Crippen LogP contribution >= 0.6 is 0 Å². The Morgan fingerprint density at radius 3 is 2.53 bits per heavy atom. The smallest absolute Gasteiger partial charge is 0.407 e. The molecule has 1 saturated carbocycles. The van der Waals surface area contributed by atoms with Gasteiger partial charge < -0.3 is 15.1 Å². The van der Waals surface area contributed by atoms with E-state index in [2.05, 4.69) is 0 Å². The van der Waals surface area contributed by atoms with Crippen molar-refractivity contribution in [3.05, 3.63) is 0 Å². The maximum absolute atomic E-state index is 11.1. The summed E-state index contributed by atoms with van der Waals surface area (Å²) in [6, 6.07) is -0.0440. The molecule has 1 saturated heterocycles. The van der Waals surface area contributed by atoms with Crippen molar-refractivity contribution in [2.75, 3.05) is 13.2 Å². The number of hydrogen-bond donors (Lipinski definition) is 2. The molecule has 1 aliphatic carbocycles. The lowest BCUT2D eigenvalue weighted by Gasteiger charge is -2.39. The molecular formula is C11H19NO3. The molecule has 3 unspecified atom stereocenters. The summed E-state index contributed by atoms with van der Waals surface area (Å²) < 4.78 is 0. The number of nitrogens with zero attached hydrogens (tertiary/aromatic N) is 1. The average molecular weight is 213 g/mol. The van der Waals surface area contributed by atoms with E-state index in [1.165, 1.54) is 4.90 Å². The Balaban J connectivity index is 2.30. The molecule has 4 nitrogen and oxygen atoms in total. The SMILES string of the molecule is CC(C)(C)C1N(C(=O)O)CC2CC21CO. The second-order valence-electron chi connectivity index (χ2n) is 6.00. The van der Waals surface area contributed by atoms with Gasteiger partial charge in [-0.3, -0.25) is 0 Å². The van der Waals surface area contributed by atoms with Gasteiger partial charge >= 0.3 is 6.09 Å². The van der Waals surface area contributed by atoms with Crippen LogP contribution in [0.1, 0.15) is 27.2 Å². The number of carboxylic acid groups (broad SMARTS) is 1. The topological polar surface area (TPSA) is 60.8 Å². The van der Waals surface area contributed by atoms with Crippen molar-refractivity contribution in [2.45, 2.75) is 33.2 Å². The zero-order chi connectivity index (χ0) is 11.4. The van der Waals surface area contributed by atoms with Crippen LogP contribution in [0.3, 0.4) is 0 Å². The van der Waals surface area contributed by atoms with Gasteiger partial charge in [0.05, 0.1) is 6.61 Å². The molecule has 0 spiro atoms. The third kappa shape index (κ3) is 1.34. The first-order chi connectivity index (χ1) is 6.83. The van der Waals surface area contributed by atoms with Gasteiger partial charge in [0.1, 0.15) is 0 Å². The van der Waals surface area contributed by atoms with Crippen LogP contribution in [0.2, 0.25) is 0 Å². The van der Waals surface area contributed by atoms with Crippen molar-refractivity contribution in [3.8, 4) is 0 Å². The lowest BCUT2D eigenvalue weighted by molar-refractivity contribution is 0.0487. The van der Waals surface area contributed by atoms with E-state index >= 15 is 0 Å². The van der Waals surface area contributed by atoms with E-state index in [1.807, 2.05) is 20.8 Å². The molecule has 15 heavy (non-hydrogen) atoms. The summed E-state index contributed by atoms with van der Waals surface area (Å²) in [7, 11) is 0. The predicted octanol–water partition coefficient (Wildman–Crippen LogP) is 1.39. The van der Waals surface area contributed by atoms with E-state index in [0.717, 1.165) is 6.42 Å². The molecule has 2 fully saturated rings. The summed E-state index contributed by atoms with van der Waals surface area (Å²) in [6.45, 7) is 6.85. The van der Waals surface area contributed by atoms with Crippen molar-refractivity contribution in [1.82, 2.24) is 4.90 Å². The summed E-state index contributed by atoms with van der Waals surface area (Å²) >= 11 is 0. The summed E-state index contributed by atoms with van der Waals surface area (Å²) in [5.74, 6) is 0.378. The number of hydrogen-bond acceptors (Lipinski definition) is 2. The fourth-order valence-electron chi connectivity index (χ4n) is 3.43. The Kier molecular flexibility index (Phi) is 2.06. The van der Waals surface area contributed by atoms with Crippen LogP contribution < -0.4 is 0 Å². The molecule has 1 heterocycles. The molecule has 4 heteroatoms. The van der Waals surface area contributed by atoms with Gasteiger partial charge in [0.2, 0.25) is 0 Å². The highest BCUT2D eigenvalue weighted by Crippen LogP contribution is 2.64. The Morgan fingerprint density at radius 2 is 2.13 bits per heavy atom. The van der Waals surface area contributed by atoms with Gasteiger partial charge in [-0.05, 0) is 17.8 Å². The minimum Gasteiger partial charge on any atom is -0.465 e. The summed E-state index contributed by atoms with van der Waals surface area (Å²) in [4.78, 5) is 12.6. The van der Waals surface area contributed by atoms with Crippen LogP contribution in [0.4, 0.5) is 4.79 Å². The molecule has 2 N–H and O–H groups in total. The standard InChI is InChI=1S/C11H19NO3/c1-10(2,3)8-11(6-13)4-7(11)5-12(8)9(14)15/h7-8,13H,4-6H2,1-3H3,(H,14,15). The Hall–Kier alpha value is -0.770. The summed E-state index contributed by atoms with van der Waals surface area (Å²) in [5.41, 5.74) is -0.247. The first-order valence-electron chi connectivity index (χ1n) is 5.43. The molecule has 2 aliphatic rings. The Morgan fingerprint density at radius 1 is 1.53 bits per heavy atom. The van der Waals surface area contributed by atoms with Crippen LogP contribution in [0.15, 0.2) is 0 Å². The van der Waals surface area contributed by atoms with Crippen LogP contribution in [0.5, 0.6) is 0 Å². The molecular weight excluding hydrogens is 194 g/mol. The molecule has 1 amide bonds. The van der Waals surface area contributed by atoms with Crippen LogP contribution in [0, 0.1) is 16.7 Å². The average Bonchev–Trinajstić information content (AvgIpc) is 2.69. The van der Waals surface area contributed by atoms with E-state index in [-0.39, 0.29) is 23.5 Å². The first kappa shape index (κ1) is 10.7. The van der Waals surface area contributed by atoms with Crippen LogP contribution in [0.25, 0.3) is 0 Å². The fourth-order valence-corrected chi connectivity index (χ4v) is 3.43. The van der Waals surface area contributed by atoms with E-state index in [0.29, 0.717) is 12.5 Å². The molecule has 1 aliphatic heterocycles. The zero-order valence-corrected chi connectivity index (χ0v) is 9.53. The molecule has 3 atom stereocenters. The molecule has 86 valence electrons. The number of rotatable bonds is 1. The summed E-state index contributed by atoms with van der Waals surface area (Å²) in [6.07, 6.45) is 0.129. The highest BCUT2D eigenvalue weighted by Gasteiger charge is 2.69. The van der Waals surface area contributed by atoms with E-state index in [1.54, 1.807) is 0 Å². The normalized spacial score (nSPS) is 39.1. The number of fused-ring (bicyclic) bond motifs is 1. The van der Waals surface area contributed by atoms with E-state index in [4.69, 9.17) is 5.11 Å². The number of likely N-dealkylation sites (tertiary alicyclic amines) is 1. The predicted molar refractivity (Wildman–Crippen MR) is 55.6 cm³/mol. The highest BCUT2D eigenvalue weighted by atomic mass is 16.4. The van der Waals surface area contributed by atoms with Crippen molar-refractivity contribution >= 4 is 6.09 Å². The van der Waals surface area contributed by atoms with E-state index in [9.17, 15) is 9.90 Å². The zero-order valence-electron chi connectivity index (χ0n) is 9.53. The Bertz CT molecular complexity index is 293. The number of aliphatic hydroxyl groups is 1. The van der Waals surface area contributed by atoms with Crippen molar-refractivity contribution in [2.24, 2.45) is 16.7 Å². The van der Waals surface area contributed by atoms with Gasteiger partial charge in [0, 0.05) is 18.0 Å². The molecule has 0 bridgehead atoms. The van der Waals surface area contributed by atoms with E-state index < -0.39 is 6.09 Å². The van der Waals surface area contributed by atoms with Gasteiger partial charge in [0.15, 0.2) is 0 Å². The number of amides is 1. The van der Waals surface area contributed by atoms with Gasteiger partial charge in [-0.15, -0.1) is 0 Å². The second-order valence-corrected chi connectivity index (χ2v) is 6.00. The quantitative estimate of drug-likeness (QED) is 0.692. The van der Waals surface area contributed by atoms with Crippen molar-refractivity contribution in [3.63, 3.8) is 0 Å². The molecule has 0 aromatic heterocycles. The number of piperidine rings is 1. The highest BCUT2D eigenvalue weighted by molar-refractivity contribution is 5.67. The van der Waals surface area contributed by atoms with Gasteiger partial charge in [-0.25, -0.2) is 4.79 Å². The largest absolute Gasteiger partial charge is 0.465 e. The lowest BCUT2D eigenvalue weighted by Crippen LogP contribution is -2.49. The van der Waals surface area contributed by atoms with Gasteiger partial charge in [-0.2, -0.15) is 0 Å². The van der Waals surface area contributed by atoms with Crippen molar-refractivity contribution in [1.29, 1.82) is 0 Å². The third-order valence-corrected chi connectivity index (χ3v) is 3.91. The number of aliphatic hydroxyl groups excluding tert-OH is 1. The van der Waals surface area contributed by atoms with Crippen LogP contribution in [-0.4, -0.2) is 40.4 Å². The minimum atomic E-state index is -0.852. The molecule has 0 radical (unpaired) electrons. The minimum absolute atomic E-state index is 0.0440. The second kappa shape index (κ2) is 2.88.